The van der Waals surface area contributed by atoms with E-state index in [1.807, 2.05) is 24.3 Å². The zero-order valence-corrected chi connectivity index (χ0v) is 18.9. The van der Waals surface area contributed by atoms with Crippen LogP contribution in [0.4, 0.5) is 0 Å². The van der Waals surface area contributed by atoms with Crippen LogP contribution >= 0.6 is 11.3 Å². The van der Waals surface area contributed by atoms with Gasteiger partial charge in [0.15, 0.2) is 4.80 Å². The molecular weight excluding hydrogens is 412 g/mol. The fourth-order valence-corrected chi connectivity index (χ4v) is 4.70. The molecule has 0 saturated carbocycles. The molecule has 0 fully saturated rings. The Labute approximate surface area is 183 Å². The van der Waals surface area contributed by atoms with Crippen molar-refractivity contribution in [2.24, 2.45) is 4.99 Å². The maximum absolute atomic E-state index is 13.4. The number of hydrogen-bond donors (Lipinski definition) is 0. The van der Waals surface area contributed by atoms with Crippen LogP contribution in [0.3, 0.4) is 0 Å². The van der Waals surface area contributed by atoms with Gasteiger partial charge < -0.3 is 9.15 Å². The van der Waals surface area contributed by atoms with Gasteiger partial charge >= 0.3 is 5.97 Å². The van der Waals surface area contributed by atoms with Crippen molar-refractivity contribution in [1.82, 2.24) is 4.57 Å². The van der Waals surface area contributed by atoms with Crippen LogP contribution in [-0.4, -0.2) is 17.6 Å². The fraction of sp³-hybridized carbons (Fsp3) is 0.292. The molecule has 0 spiro atoms. The van der Waals surface area contributed by atoms with Crippen molar-refractivity contribution in [2.45, 2.75) is 39.2 Å². The first kappa shape index (κ1) is 21.1. The largest absolute Gasteiger partial charge is 0.466 e. The lowest BCUT2D eigenvalue weighted by Gasteiger charge is -2.25. The number of fused-ring (bicyclic) bond motifs is 1. The van der Waals surface area contributed by atoms with Gasteiger partial charge in [-0.05, 0) is 35.6 Å². The van der Waals surface area contributed by atoms with Gasteiger partial charge in [0.25, 0.3) is 5.56 Å². The van der Waals surface area contributed by atoms with Gasteiger partial charge in [-0.1, -0.05) is 56.4 Å². The first-order chi connectivity index (χ1) is 14.7. The Hall–Kier alpha value is -3.19. The molecule has 3 heterocycles. The molecule has 4 rings (SSSR count). The van der Waals surface area contributed by atoms with Gasteiger partial charge in [-0.15, -0.1) is 0 Å². The van der Waals surface area contributed by atoms with Crippen LogP contribution in [0.15, 0.2) is 68.1 Å². The lowest BCUT2D eigenvalue weighted by molar-refractivity contribution is -0.136. The number of allylic oxidation sites excluding steroid dienone is 1. The molecule has 0 aliphatic carbocycles. The molecule has 0 unspecified atom stereocenters. The molecule has 1 aliphatic heterocycles. The van der Waals surface area contributed by atoms with E-state index < -0.39 is 12.0 Å². The van der Waals surface area contributed by atoms with Crippen molar-refractivity contribution in [3.63, 3.8) is 0 Å². The topological polar surface area (TPSA) is 73.8 Å². The summed E-state index contributed by atoms with van der Waals surface area (Å²) < 4.78 is 12.5. The second-order valence-electron chi connectivity index (χ2n) is 8.46. The zero-order valence-electron chi connectivity index (χ0n) is 18.1. The third kappa shape index (κ3) is 3.81. The number of carbonyl (C=O) groups excluding carboxylic acids is 1. The highest BCUT2D eigenvalue weighted by Crippen LogP contribution is 2.32. The predicted octanol–water partition coefficient (Wildman–Crippen LogP) is 3.30. The van der Waals surface area contributed by atoms with Gasteiger partial charge in [-0.2, -0.15) is 0 Å². The normalized spacial score (nSPS) is 16.8. The SMILES string of the molecule is COC(=O)C1=C(C)N=c2s/c(=C/c3ccco3)c(=O)n2[C@@H]1c1ccc(C(C)(C)C)cc1. The van der Waals surface area contributed by atoms with E-state index in [9.17, 15) is 9.59 Å². The summed E-state index contributed by atoms with van der Waals surface area (Å²) in [5, 5.41) is 0. The molecule has 1 aliphatic rings. The Morgan fingerprint density at radius 2 is 1.94 bits per heavy atom. The number of thiazole rings is 1. The average Bonchev–Trinajstić information content (AvgIpc) is 3.34. The van der Waals surface area contributed by atoms with Crippen LogP contribution in [0.1, 0.15) is 50.6 Å². The van der Waals surface area contributed by atoms with Crippen LogP contribution < -0.4 is 14.9 Å². The highest BCUT2D eigenvalue weighted by Gasteiger charge is 2.33. The Bertz CT molecular complexity index is 1330. The summed E-state index contributed by atoms with van der Waals surface area (Å²) in [5.41, 5.74) is 2.67. The minimum atomic E-state index is -0.614. The monoisotopic (exact) mass is 436 g/mol. The molecule has 0 N–H and O–H groups in total. The summed E-state index contributed by atoms with van der Waals surface area (Å²) in [6.45, 7) is 8.20. The van der Waals surface area contributed by atoms with Crippen LogP contribution in [0.25, 0.3) is 6.08 Å². The van der Waals surface area contributed by atoms with Crippen LogP contribution in [0.5, 0.6) is 0 Å². The molecule has 6 nitrogen and oxygen atoms in total. The van der Waals surface area contributed by atoms with Crippen molar-refractivity contribution in [3.05, 3.63) is 90.5 Å². The number of esters is 1. The molecule has 1 atom stereocenters. The number of rotatable bonds is 3. The van der Waals surface area contributed by atoms with Gasteiger partial charge in [0, 0.05) is 6.08 Å². The highest BCUT2D eigenvalue weighted by atomic mass is 32.1. The van der Waals surface area contributed by atoms with Crippen molar-refractivity contribution >= 4 is 23.4 Å². The molecule has 7 heteroatoms. The van der Waals surface area contributed by atoms with E-state index in [0.29, 0.717) is 26.4 Å². The predicted molar refractivity (Wildman–Crippen MR) is 120 cm³/mol. The number of methoxy groups -OCH3 is 1. The summed E-state index contributed by atoms with van der Waals surface area (Å²) in [6.07, 6.45) is 3.25. The van der Waals surface area contributed by atoms with E-state index in [2.05, 4.69) is 25.8 Å². The van der Waals surface area contributed by atoms with Crippen LogP contribution in [0.2, 0.25) is 0 Å². The Kier molecular flexibility index (Phi) is 5.31. The third-order valence-corrected chi connectivity index (χ3v) is 6.32. The van der Waals surface area contributed by atoms with Gasteiger partial charge in [0.2, 0.25) is 0 Å². The summed E-state index contributed by atoms with van der Waals surface area (Å²) in [6, 6.07) is 11.0. The average molecular weight is 437 g/mol. The molecule has 1 aromatic carbocycles. The summed E-state index contributed by atoms with van der Waals surface area (Å²) in [5.74, 6) is 0.0895. The van der Waals surface area contributed by atoms with E-state index in [4.69, 9.17) is 9.15 Å². The second kappa shape index (κ2) is 7.81. The Balaban J connectivity index is 1.95. The fourth-order valence-electron chi connectivity index (χ4n) is 3.68. The number of nitrogens with zero attached hydrogens (tertiary/aromatic N) is 2. The van der Waals surface area contributed by atoms with Gasteiger partial charge in [0.05, 0.1) is 35.2 Å². The zero-order chi connectivity index (χ0) is 22.3. The van der Waals surface area contributed by atoms with Gasteiger partial charge in [-0.25, -0.2) is 9.79 Å². The quantitative estimate of drug-likeness (QED) is 0.591. The van der Waals surface area contributed by atoms with Crippen LogP contribution in [0, 0.1) is 0 Å². The molecule has 2 aromatic heterocycles. The molecular formula is C24H24N2O4S. The number of ether oxygens (including phenoxy) is 1. The maximum Gasteiger partial charge on any atom is 0.338 e. The van der Waals surface area contributed by atoms with Crippen molar-refractivity contribution in [1.29, 1.82) is 0 Å². The lowest BCUT2D eigenvalue weighted by Crippen LogP contribution is -2.39. The highest BCUT2D eigenvalue weighted by molar-refractivity contribution is 7.07. The molecule has 31 heavy (non-hydrogen) atoms. The van der Waals surface area contributed by atoms with Crippen molar-refractivity contribution in [2.75, 3.05) is 7.11 Å². The molecule has 0 saturated heterocycles. The lowest BCUT2D eigenvalue weighted by atomic mass is 9.85. The summed E-state index contributed by atoms with van der Waals surface area (Å²) >= 11 is 1.27. The van der Waals surface area contributed by atoms with E-state index in [0.717, 1.165) is 5.56 Å². The second-order valence-corrected chi connectivity index (χ2v) is 9.47. The number of aromatic nitrogens is 1. The first-order valence-electron chi connectivity index (χ1n) is 9.95. The van der Waals surface area contributed by atoms with E-state index in [1.165, 1.54) is 24.0 Å². The van der Waals surface area contributed by atoms with Crippen molar-refractivity contribution < 1.29 is 13.9 Å². The van der Waals surface area contributed by atoms with Crippen molar-refractivity contribution in [3.8, 4) is 0 Å². The maximum atomic E-state index is 13.4. The first-order valence-corrected chi connectivity index (χ1v) is 10.8. The van der Waals surface area contributed by atoms with E-state index in [-0.39, 0.29) is 11.0 Å². The minimum Gasteiger partial charge on any atom is -0.466 e. The Morgan fingerprint density at radius 1 is 1.23 bits per heavy atom. The molecule has 3 aromatic rings. The number of carbonyl (C=O) groups is 1. The molecule has 0 amide bonds. The number of benzene rings is 1. The number of furan rings is 1. The smallest absolute Gasteiger partial charge is 0.338 e. The van der Waals surface area contributed by atoms with E-state index in [1.54, 1.807) is 36.0 Å². The third-order valence-electron chi connectivity index (χ3n) is 5.34. The van der Waals surface area contributed by atoms with Gasteiger partial charge in [-0.3, -0.25) is 9.36 Å². The minimum absolute atomic E-state index is 0.00703. The van der Waals surface area contributed by atoms with Gasteiger partial charge in [0.1, 0.15) is 5.76 Å². The molecule has 0 radical (unpaired) electrons. The standard InChI is InChI=1S/C24H24N2O4S/c1-14-19(22(28)29-5)20(15-8-10-16(11-9-15)24(2,3)4)26-21(27)18(31-23(26)25-14)13-17-7-6-12-30-17/h6-13,20H,1-5H3/b18-13+/t20-/m1/s1. The summed E-state index contributed by atoms with van der Waals surface area (Å²) in [7, 11) is 1.34. The van der Waals surface area contributed by atoms with E-state index >= 15 is 0 Å². The summed E-state index contributed by atoms with van der Waals surface area (Å²) in [4.78, 5) is 31.2. The number of hydrogen-bond acceptors (Lipinski definition) is 6. The molecule has 0 bridgehead atoms. The molecule has 160 valence electrons. The van der Waals surface area contributed by atoms with Crippen LogP contribution in [-0.2, 0) is 14.9 Å². The Morgan fingerprint density at radius 3 is 2.52 bits per heavy atom.